The van der Waals surface area contributed by atoms with Gasteiger partial charge in [0.15, 0.2) is 0 Å². The minimum atomic E-state index is -0.295. The number of carbonyl (C=O) groups is 1. The lowest BCUT2D eigenvalue weighted by Gasteiger charge is -2.61. The molecule has 4 aliphatic carbocycles. The average molecular weight is 320 g/mol. The molecule has 0 aliphatic heterocycles. The van der Waals surface area contributed by atoms with Gasteiger partial charge in [0, 0.05) is 20.0 Å². The molecule has 4 rings (SSSR count). The van der Waals surface area contributed by atoms with Crippen LogP contribution in [-0.2, 0) is 9.53 Å². The van der Waals surface area contributed by atoms with Crippen LogP contribution in [0.3, 0.4) is 0 Å². The zero-order valence-corrected chi connectivity index (χ0v) is 14.9. The number of aliphatic hydroxyl groups is 1. The molecule has 8 atom stereocenters. The lowest BCUT2D eigenvalue weighted by atomic mass is 9.45. The fourth-order valence-electron chi connectivity index (χ4n) is 7.39. The summed E-state index contributed by atoms with van der Waals surface area (Å²) in [4.78, 5) is 12.1. The zero-order chi connectivity index (χ0) is 16.4. The minimum Gasteiger partial charge on any atom is -0.390 e. The van der Waals surface area contributed by atoms with E-state index in [4.69, 9.17) is 4.74 Å². The summed E-state index contributed by atoms with van der Waals surface area (Å²) in [6.07, 6.45) is 8.23. The van der Waals surface area contributed by atoms with Crippen LogP contribution in [0.25, 0.3) is 0 Å². The summed E-state index contributed by atoms with van der Waals surface area (Å²) in [6.45, 7) is 4.83. The molecule has 130 valence electrons. The van der Waals surface area contributed by atoms with Gasteiger partial charge in [-0.1, -0.05) is 13.8 Å². The van der Waals surface area contributed by atoms with Crippen LogP contribution in [0.15, 0.2) is 0 Å². The highest BCUT2D eigenvalue weighted by Gasteiger charge is 2.61. The second kappa shape index (κ2) is 5.29. The van der Waals surface area contributed by atoms with E-state index in [1.165, 1.54) is 19.3 Å². The van der Waals surface area contributed by atoms with Crippen molar-refractivity contribution >= 4 is 5.78 Å². The molecule has 4 aliphatic rings. The maximum atomic E-state index is 12.1. The molecule has 0 aromatic carbocycles. The Morgan fingerprint density at radius 3 is 2.57 bits per heavy atom. The van der Waals surface area contributed by atoms with E-state index in [1.807, 2.05) is 0 Å². The highest BCUT2D eigenvalue weighted by molar-refractivity contribution is 5.82. The molecule has 4 saturated carbocycles. The first-order chi connectivity index (χ1) is 10.9. The largest absolute Gasteiger partial charge is 0.390 e. The molecule has 3 heteroatoms. The third kappa shape index (κ3) is 2.18. The predicted octanol–water partition coefficient (Wildman–Crippen LogP) is 3.58. The predicted molar refractivity (Wildman–Crippen MR) is 88.9 cm³/mol. The van der Waals surface area contributed by atoms with Crippen molar-refractivity contribution < 1.29 is 14.6 Å². The Morgan fingerprint density at radius 1 is 1.04 bits per heavy atom. The van der Waals surface area contributed by atoms with E-state index in [1.54, 1.807) is 7.11 Å². The second-order valence-electron chi connectivity index (χ2n) is 9.49. The number of hydrogen-bond acceptors (Lipinski definition) is 3. The summed E-state index contributed by atoms with van der Waals surface area (Å²) in [5, 5.41) is 10.4. The number of carbonyl (C=O) groups excluding carboxylic acids is 1. The van der Waals surface area contributed by atoms with Crippen LogP contribution in [-0.4, -0.2) is 30.2 Å². The van der Waals surface area contributed by atoms with Gasteiger partial charge in [-0.3, -0.25) is 4.79 Å². The van der Waals surface area contributed by atoms with Crippen LogP contribution in [0, 0.1) is 34.5 Å². The summed E-state index contributed by atoms with van der Waals surface area (Å²) in [7, 11) is 1.76. The first-order valence-electron chi connectivity index (χ1n) is 9.61. The van der Waals surface area contributed by atoms with Gasteiger partial charge < -0.3 is 9.84 Å². The molecular formula is C20H32O3. The van der Waals surface area contributed by atoms with E-state index in [-0.39, 0.29) is 23.0 Å². The van der Waals surface area contributed by atoms with Gasteiger partial charge in [0.2, 0.25) is 0 Å². The van der Waals surface area contributed by atoms with E-state index in [0.29, 0.717) is 23.5 Å². The molecule has 0 heterocycles. The second-order valence-corrected chi connectivity index (χ2v) is 9.49. The topological polar surface area (TPSA) is 46.5 Å². The summed E-state index contributed by atoms with van der Waals surface area (Å²) < 4.78 is 5.74. The number of rotatable bonds is 1. The monoisotopic (exact) mass is 320 g/mol. The first kappa shape index (κ1) is 16.1. The van der Waals surface area contributed by atoms with Gasteiger partial charge in [-0.15, -0.1) is 0 Å². The molecule has 4 fully saturated rings. The van der Waals surface area contributed by atoms with Crippen molar-refractivity contribution in [3.63, 3.8) is 0 Å². The van der Waals surface area contributed by atoms with Crippen LogP contribution in [0.5, 0.6) is 0 Å². The van der Waals surface area contributed by atoms with Crippen LogP contribution in [0.1, 0.15) is 65.2 Å². The molecule has 23 heavy (non-hydrogen) atoms. The quantitative estimate of drug-likeness (QED) is 0.803. The first-order valence-corrected chi connectivity index (χ1v) is 9.61. The van der Waals surface area contributed by atoms with Gasteiger partial charge in [-0.05, 0) is 73.0 Å². The molecule has 0 bridgehead atoms. The van der Waals surface area contributed by atoms with E-state index >= 15 is 0 Å². The van der Waals surface area contributed by atoms with Crippen molar-refractivity contribution in [2.75, 3.05) is 7.11 Å². The van der Waals surface area contributed by atoms with Crippen molar-refractivity contribution in [2.24, 2.45) is 34.5 Å². The van der Waals surface area contributed by atoms with Crippen molar-refractivity contribution in [3.05, 3.63) is 0 Å². The Bertz CT molecular complexity index is 503. The minimum absolute atomic E-state index is 0.00761. The normalized spacial score (nSPS) is 55.9. The molecule has 0 aromatic heterocycles. The Kier molecular flexibility index (Phi) is 3.70. The lowest BCUT2D eigenvalue weighted by Crippen LogP contribution is -2.58. The van der Waals surface area contributed by atoms with Gasteiger partial charge in [0.25, 0.3) is 0 Å². The standard InChI is InChI=1S/C20H32O3/c1-19-8-6-14-13(16(19)10-12(21)11-19)4-5-15-18(23-3)17(22)7-9-20(14,15)2/h13-18,22H,4-11H2,1-3H3. The van der Waals surface area contributed by atoms with Gasteiger partial charge in [0.05, 0.1) is 12.2 Å². The molecule has 0 saturated heterocycles. The van der Waals surface area contributed by atoms with Gasteiger partial charge in [-0.25, -0.2) is 0 Å². The van der Waals surface area contributed by atoms with Crippen molar-refractivity contribution in [1.82, 2.24) is 0 Å². The Labute approximate surface area is 140 Å². The molecule has 0 radical (unpaired) electrons. The van der Waals surface area contributed by atoms with Crippen LogP contribution < -0.4 is 0 Å². The SMILES string of the molecule is COC1C(O)CCC2(C)C3CCC4(C)CC(=O)CC4C3CCC12. The molecule has 8 unspecified atom stereocenters. The molecule has 0 aromatic rings. The number of methoxy groups -OCH3 is 1. The number of Topliss-reactive ketones (excluding diaryl/α,β-unsaturated/α-hetero) is 1. The van der Waals surface area contributed by atoms with Gasteiger partial charge in [0.1, 0.15) is 5.78 Å². The molecule has 0 spiro atoms. The fourth-order valence-corrected chi connectivity index (χ4v) is 7.39. The summed E-state index contributed by atoms with van der Waals surface area (Å²) in [5.74, 6) is 3.03. The average Bonchev–Trinajstić information content (AvgIpc) is 2.82. The Morgan fingerprint density at radius 2 is 1.83 bits per heavy atom. The highest BCUT2D eigenvalue weighted by atomic mass is 16.5. The summed E-state index contributed by atoms with van der Waals surface area (Å²) in [6, 6.07) is 0. The van der Waals surface area contributed by atoms with E-state index in [0.717, 1.165) is 38.0 Å². The van der Waals surface area contributed by atoms with Crippen molar-refractivity contribution in [1.29, 1.82) is 0 Å². The van der Waals surface area contributed by atoms with Crippen LogP contribution >= 0.6 is 0 Å². The van der Waals surface area contributed by atoms with Crippen LogP contribution in [0.2, 0.25) is 0 Å². The van der Waals surface area contributed by atoms with Crippen molar-refractivity contribution in [2.45, 2.75) is 77.4 Å². The number of fused-ring (bicyclic) bond motifs is 5. The highest BCUT2D eigenvalue weighted by Crippen LogP contribution is 2.65. The van der Waals surface area contributed by atoms with Gasteiger partial charge in [-0.2, -0.15) is 0 Å². The summed E-state index contributed by atoms with van der Waals surface area (Å²) >= 11 is 0. The van der Waals surface area contributed by atoms with E-state index < -0.39 is 0 Å². The van der Waals surface area contributed by atoms with E-state index in [9.17, 15) is 9.90 Å². The molecule has 0 amide bonds. The third-order valence-electron chi connectivity index (χ3n) is 8.54. The fraction of sp³-hybridized carbons (Fsp3) is 0.950. The summed E-state index contributed by atoms with van der Waals surface area (Å²) in [5.41, 5.74) is 0.562. The lowest BCUT2D eigenvalue weighted by molar-refractivity contribution is -0.179. The molecular weight excluding hydrogens is 288 g/mol. The maximum absolute atomic E-state index is 12.1. The zero-order valence-electron chi connectivity index (χ0n) is 14.9. The number of ether oxygens (including phenoxy) is 1. The number of aliphatic hydroxyl groups excluding tert-OH is 1. The Hall–Kier alpha value is -0.410. The van der Waals surface area contributed by atoms with Crippen LogP contribution in [0.4, 0.5) is 0 Å². The maximum Gasteiger partial charge on any atom is 0.133 e. The third-order valence-corrected chi connectivity index (χ3v) is 8.54. The Balaban J connectivity index is 1.64. The smallest absolute Gasteiger partial charge is 0.133 e. The van der Waals surface area contributed by atoms with Gasteiger partial charge >= 0.3 is 0 Å². The molecule has 1 N–H and O–H groups in total. The van der Waals surface area contributed by atoms with E-state index in [2.05, 4.69) is 13.8 Å². The number of hydrogen-bond donors (Lipinski definition) is 1. The molecule has 3 nitrogen and oxygen atoms in total. The van der Waals surface area contributed by atoms with Crippen molar-refractivity contribution in [3.8, 4) is 0 Å². The number of ketones is 1.